The maximum absolute atomic E-state index is 17.1. The molecule has 6 nitrogen and oxygen atoms in total. The third-order valence-electron chi connectivity index (χ3n) is 11.9. The van der Waals surface area contributed by atoms with Crippen LogP contribution in [-0.4, -0.2) is 39.0 Å². The Kier molecular flexibility index (Phi) is 6.56. The van der Waals surface area contributed by atoms with E-state index in [-0.39, 0.29) is 35.5 Å². The van der Waals surface area contributed by atoms with Gasteiger partial charge in [0, 0.05) is 64.3 Å². The number of aromatic nitrogens is 2. The maximum Gasteiger partial charge on any atom is 0.226 e. The van der Waals surface area contributed by atoms with E-state index in [1.54, 1.807) is 18.2 Å². The number of amides is 1. The Morgan fingerprint density at radius 2 is 1.98 bits per heavy atom. The molecule has 9 heteroatoms. The van der Waals surface area contributed by atoms with Crippen molar-refractivity contribution >= 4 is 50.9 Å². The fraction of sp³-hybridized carbons (Fsp3) is 0.486. The van der Waals surface area contributed by atoms with Gasteiger partial charge in [-0.15, -0.1) is 0 Å². The van der Waals surface area contributed by atoms with Crippen molar-refractivity contribution in [3.05, 3.63) is 63.1 Å². The molecule has 46 heavy (non-hydrogen) atoms. The minimum Gasteiger partial charge on any atom is -0.337 e. The van der Waals surface area contributed by atoms with Gasteiger partial charge in [-0.3, -0.25) is 4.79 Å². The fourth-order valence-corrected chi connectivity index (χ4v) is 9.68. The van der Waals surface area contributed by atoms with Crippen LogP contribution in [0.5, 0.6) is 0 Å². The summed E-state index contributed by atoms with van der Waals surface area (Å²) in [6.45, 7) is 5.18. The van der Waals surface area contributed by atoms with Crippen molar-refractivity contribution < 1.29 is 9.18 Å². The summed E-state index contributed by atoms with van der Waals surface area (Å²) in [5.74, 6) is 1.73. The lowest BCUT2D eigenvalue weighted by Gasteiger charge is -2.44. The number of carbonyl (C=O) groups is 1. The van der Waals surface area contributed by atoms with Gasteiger partial charge in [0.15, 0.2) is 5.82 Å². The number of hydrogen-bond acceptors (Lipinski definition) is 4. The molecular formula is C37H36Cl2FN5O. The van der Waals surface area contributed by atoms with Crippen molar-refractivity contribution in [2.24, 2.45) is 23.7 Å². The molecule has 5 heterocycles. The first-order chi connectivity index (χ1) is 22.3. The molecule has 3 saturated carbocycles. The number of nitrogens with one attached hydrogen (secondary N) is 1. The Bertz CT molecular complexity index is 2000. The largest absolute Gasteiger partial charge is 0.337 e. The highest BCUT2D eigenvalue weighted by Crippen LogP contribution is 2.58. The monoisotopic (exact) mass is 655 g/mol. The number of piperidine rings is 1. The van der Waals surface area contributed by atoms with Crippen molar-refractivity contribution in [3.63, 3.8) is 0 Å². The summed E-state index contributed by atoms with van der Waals surface area (Å²) in [7, 11) is 0. The lowest BCUT2D eigenvalue weighted by molar-refractivity contribution is -0.140. The molecule has 2 aromatic heterocycles. The van der Waals surface area contributed by atoms with Crippen molar-refractivity contribution in [1.29, 1.82) is 5.26 Å². The molecule has 3 unspecified atom stereocenters. The second kappa shape index (κ2) is 10.4. The molecule has 2 bridgehead atoms. The van der Waals surface area contributed by atoms with E-state index in [1.807, 2.05) is 13.0 Å². The van der Waals surface area contributed by atoms with Gasteiger partial charge < -0.3 is 14.8 Å². The number of likely N-dealkylation sites (tertiary alicyclic amines) is 1. The normalized spacial score (nSPS) is 29.6. The van der Waals surface area contributed by atoms with Gasteiger partial charge in [-0.05, 0) is 93.9 Å². The van der Waals surface area contributed by atoms with E-state index in [9.17, 15) is 10.1 Å². The molecule has 6 fully saturated rings. The first kappa shape index (κ1) is 29.0. The highest BCUT2D eigenvalue weighted by molar-refractivity contribution is 6.43. The van der Waals surface area contributed by atoms with E-state index < -0.39 is 5.82 Å². The van der Waals surface area contributed by atoms with Crippen LogP contribution < -0.4 is 5.32 Å². The van der Waals surface area contributed by atoms with Crippen molar-refractivity contribution in [2.45, 2.75) is 83.0 Å². The van der Waals surface area contributed by atoms with Crippen LogP contribution in [0.1, 0.15) is 74.5 Å². The number of benzene rings is 2. The van der Waals surface area contributed by atoms with Crippen LogP contribution in [-0.2, 0) is 11.2 Å². The summed E-state index contributed by atoms with van der Waals surface area (Å²) < 4.78 is 19.6. The molecule has 0 radical (unpaired) electrons. The average molecular weight is 657 g/mol. The highest BCUT2D eigenvalue weighted by Gasteiger charge is 2.56. The summed E-state index contributed by atoms with van der Waals surface area (Å²) >= 11 is 13.1. The topological polar surface area (TPSA) is 74.0 Å². The number of halogens is 3. The van der Waals surface area contributed by atoms with E-state index in [0.29, 0.717) is 63.4 Å². The van der Waals surface area contributed by atoms with Crippen molar-refractivity contribution in [2.75, 3.05) is 6.54 Å². The molecule has 1 N–H and O–H groups in total. The Balaban J connectivity index is 1.32. The lowest BCUT2D eigenvalue weighted by Crippen LogP contribution is -2.48. The summed E-state index contributed by atoms with van der Waals surface area (Å²) in [4.78, 5) is 21.1. The number of pyridine rings is 1. The summed E-state index contributed by atoms with van der Waals surface area (Å²) in [6.07, 6.45) is 5.87. The van der Waals surface area contributed by atoms with E-state index >= 15 is 4.39 Å². The number of fused-ring (bicyclic) bond motifs is 5. The van der Waals surface area contributed by atoms with Crippen LogP contribution >= 0.6 is 23.2 Å². The number of rotatable bonds is 6. The predicted octanol–water partition coefficient (Wildman–Crippen LogP) is 8.31. The third-order valence-corrected chi connectivity index (χ3v) is 12.7. The van der Waals surface area contributed by atoms with Crippen molar-refractivity contribution in [3.8, 4) is 17.2 Å². The molecule has 7 atom stereocenters. The average Bonchev–Trinajstić information content (AvgIpc) is 3.90. The number of hydrogen-bond donors (Lipinski definition) is 1. The summed E-state index contributed by atoms with van der Waals surface area (Å²) in [5, 5.41) is 15.7. The number of nitrogens with zero attached hydrogens (tertiary/aromatic N) is 4. The van der Waals surface area contributed by atoms with Gasteiger partial charge in [0.25, 0.3) is 0 Å². The Labute approximate surface area is 277 Å². The van der Waals surface area contributed by atoms with Crippen LogP contribution in [0.2, 0.25) is 10.0 Å². The van der Waals surface area contributed by atoms with Gasteiger partial charge in [0.1, 0.15) is 5.52 Å². The zero-order valence-corrected chi connectivity index (χ0v) is 27.5. The first-order valence-electron chi connectivity index (χ1n) is 16.8. The van der Waals surface area contributed by atoms with Crippen LogP contribution in [0.25, 0.3) is 32.9 Å². The van der Waals surface area contributed by atoms with Crippen LogP contribution in [0.4, 0.5) is 4.39 Å². The minimum absolute atomic E-state index is 0.0128. The second-order valence-electron chi connectivity index (χ2n) is 14.5. The fourth-order valence-electron chi connectivity index (χ4n) is 9.28. The first-order valence-corrected chi connectivity index (χ1v) is 17.6. The van der Waals surface area contributed by atoms with E-state index in [4.69, 9.17) is 28.2 Å². The third kappa shape index (κ3) is 4.15. The van der Waals surface area contributed by atoms with Gasteiger partial charge in [-0.25, -0.2) is 9.37 Å². The Morgan fingerprint density at radius 3 is 2.70 bits per heavy atom. The van der Waals surface area contributed by atoms with Crippen molar-refractivity contribution in [1.82, 2.24) is 19.8 Å². The molecule has 6 aliphatic rings. The number of aryl methyl sites for hydroxylation is 2. The van der Waals surface area contributed by atoms with Gasteiger partial charge in [0.2, 0.25) is 5.91 Å². The molecular weight excluding hydrogens is 620 g/mol. The van der Waals surface area contributed by atoms with Gasteiger partial charge in [-0.1, -0.05) is 35.3 Å². The molecule has 3 aliphatic heterocycles. The van der Waals surface area contributed by atoms with E-state index in [0.717, 1.165) is 54.2 Å². The van der Waals surface area contributed by atoms with E-state index in [1.165, 1.54) is 12.1 Å². The zero-order chi connectivity index (χ0) is 31.6. The van der Waals surface area contributed by atoms with Crippen LogP contribution in [0.15, 0.2) is 30.3 Å². The molecule has 2 aromatic carbocycles. The SMILES string of the molecule is Cc1nc2c(F)c(-c3cccc(Cl)c3Cl)c(CCC#N)cc2c2c1cc([C@H]1C[C@H]3C[C@H]3[C@H](C)N1C(=O)C1CC1)n2C1C2CNC1C2. The van der Waals surface area contributed by atoms with Gasteiger partial charge in [-0.2, -0.15) is 5.26 Å². The van der Waals surface area contributed by atoms with Gasteiger partial charge in [0.05, 0.1) is 33.7 Å². The minimum atomic E-state index is -0.443. The second-order valence-corrected chi connectivity index (χ2v) is 15.2. The van der Waals surface area contributed by atoms with Crippen LogP contribution in [0.3, 0.4) is 0 Å². The van der Waals surface area contributed by atoms with Gasteiger partial charge >= 0.3 is 0 Å². The van der Waals surface area contributed by atoms with E-state index in [2.05, 4.69) is 33.8 Å². The smallest absolute Gasteiger partial charge is 0.226 e. The zero-order valence-electron chi connectivity index (χ0n) is 26.0. The molecule has 10 rings (SSSR count). The maximum atomic E-state index is 17.1. The molecule has 1 amide bonds. The quantitative estimate of drug-likeness (QED) is 0.227. The number of nitriles is 1. The Hall–Kier alpha value is -3.18. The standard InChI is InChI=1S/C37H36Cl2FN5O/c1-17-24-15-30(29-14-21-12-25(21)18(2)44(29)37(46)19-8-9-19)45(35-22-13-28(35)42-16-22)36(24)26-11-20(5-4-10-41)31(33(40)34(26)43-17)23-6-3-7-27(38)32(23)39/h3,6-7,11,15,18-19,21-22,25,28-29,35,42H,4-5,8-9,12-14,16H2,1-2H3/t18-,21+,22?,25-,28?,29+,35?/m0/s1. The molecule has 0 spiro atoms. The Morgan fingerprint density at radius 1 is 1.15 bits per heavy atom. The highest BCUT2D eigenvalue weighted by atomic mass is 35.5. The lowest BCUT2D eigenvalue weighted by atomic mass is 9.79. The van der Waals surface area contributed by atoms with Crippen LogP contribution in [0, 0.1) is 47.7 Å². The predicted molar refractivity (Wildman–Crippen MR) is 178 cm³/mol. The molecule has 3 saturated heterocycles. The molecule has 236 valence electrons. The molecule has 3 aliphatic carbocycles. The summed E-state index contributed by atoms with van der Waals surface area (Å²) in [6, 6.07) is 12.6. The summed E-state index contributed by atoms with van der Waals surface area (Å²) in [5.41, 5.74) is 4.79. The molecule has 4 aromatic rings. The number of carbonyl (C=O) groups excluding carboxylic acids is 1.